The second-order valence-electron chi connectivity index (χ2n) is 3.27. The van der Waals surface area contributed by atoms with Crippen LogP contribution in [0.2, 0.25) is 0 Å². The Hall–Kier alpha value is -1.26. The molecule has 1 aromatic carbocycles. The second-order valence-corrected chi connectivity index (χ2v) is 3.27. The number of anilines is 1. The summed E-state index contributed by atoms with van der Waals surface area (Å²) in [7, 11) is 1.56. The molecule has 0 aliphatic rings. The van der Waals surface area contributed by atoms with Gasteiger partial charge in [0.15, 0.2) is 0 Å². The maximum atomic E-state index is 9.29. The number of methoxy groups -OCH3 is 1. The quantitative estimate of drug-likeness (QED) is 0.620. The molecule has 0 spiro atoms. The highest BCUT2D eigenvalue weighted by Gasteiger charge is 2.13. The Bertz CT molecular complexity index is 313. The van der Waals surface area contributed by atoms with Gasteiger partial charge >= 0.3 is 0 Å². The molecule has 1 rings (SSSR count). The zero-order valence-electron chi connectivity index (χ0n) is 8.40. The summed E-state index contributed by atoms with van der Waals surface area (Å²) < 4.78 is 5.01. The van der Waals surface area contributed by atoms with Crippen LogP contribution in [-0.2, 0) is 0 Å². The fraction of sp³-hybridized carbons (Fsp3) is 0.400. The lowest BCUT2D eigenvalue weighted by Crippen LogP contribution is -2.23. The lowest BCUT2D eigenvalue weighted by molar-refractivity contribution is 0.164. The van der Waals surface area contributed by atoms with E-state index in [2.05, 4.69) is 0 Å². The van der Waals surface area contributed by atoms with Crippen LogP contribution in [0.1, 0.15) is 18.5 Å². The average Bonchev–Trinajstić information content (AvgIpc) is 2.16. The molecule has 0 saturated carbocycles. The van der Waals surface area contributed by atoms with Gasteiger partial charge in [0.2, 0.25) is 0 Å². The number of aliphatic hydroxyl groups is 1. The number of benzene rings is 1. The van der Waals surface area contributed by atoms with Gasteiger partial charge in [-0.15, -0.1) is 0 Å². The van der Waals surface area contributed by atoms with Gasteiger partial charge in [-0.1, -0.05) is 6.07 Å². The van der Waals surface area contributed by atoms with Crippen LogP contribution >= 0.6 is 0 Å². The van der Waals surface area contributed by atoms with Crippen LogP contribution in [0.3, 0.4) is 0 Å². The number of aliphatic hydroxyl groups excluding tert-OH is 1. The zero-order chi connectivity index (χ0) is 10.7. The molecule has 0 saturated heterocycles. The van der Waals surface area contributed by atoms with Crippen molar-refractivity contribution in [2.75, 3.05) is 12.8 Å². The SMILES string of the molecule is COc1ccc([C@@H](N)[C@H](C)O)cc1N. The van der Waals surface area contributed by atoms with Crippen molar-refractivity contribution < 1.29 is 9.84 Å². The van der Waals surface area contributed by atoms with Crippen molar-refractivity contribution in [1.29, 1.82) is 0 Å². The van der Waals surface area contributed by atoms with Gasteiger partial charge in [0, 0.05) is 0 Å². The van der Waals surface area contributed by atoms with Crippen LogP contribution in [0.4, 0.5) is 5.69 Å². The maximum absolute atomic E-state index is 9.29. The molecule has 0 fully saturated rings. The first-order chi connectivity index (χ1) is 6.56. The molecule has 0 aromatic heterocycles. The Kier molecular flexibility index (Phi) is 3.33. The summed E-state index contributed by atoms with van der Waals surface area (Å²) in [6.45, 7) is 1.64. The molecule has 0 aliphatic carbocycles. The van der Waals surface area contributed by atoms with E-state index in [0.717, 1.165) is 5.56 Å². The van der Waals surface area contributed by atoms with Crippen LogP contribution in [0.15, 0.2) is 18.2 Å². The summed E-state index contributed by atoms with van der Waals surface area (Å²) in [6, 6.07) is 4.85. The summed E-state index contributed by atoms with van der Waals surface area (Å²) in [4.78, 5) is 0. The molecule has 4 nitrogen and oxygen atoms in total. The normalized spacial score (nSPS) is 14.9. The van der Waals surface area contributed by atoms with Crippen LogP contribution in [0.25, 0.3) is 0 Å². The van der Waals surface area contributed by atoms with Gasteiger partial charge in [-0.25, -0.2) is 0 Å². The summed E-state index contributed by atoms with van der Waals surface area (Å²) in [6.07, 6.45) is -0.595. The van der Waals surface area contributed by atoms with Crippen molar-refractivity contribution in [2.45, 2.75) is 19.1 Å². The third kappa shape index (κ3) is 2.16. The van der Waals surface area contributed by atoms with Gasteiger partial charge in [0.25, 0.3) is 0 Å². The van der Waals surface area contributed by atoms with Crippen molar-refractivity contribution in [1.82, 2.24) is 0 Å². The van der Waals surface area contributed by atoms with E-state index in [1.54, 1.807) is 32.2 Å². The molecule has 14 heavy (non-hydrogen) atoms. The largest absolute Gasteiger partial charge is 0.495 e. The van der Waals surface area contributed by atoms with E-state index < -0.39 is 12.1 Å². The Morgan fingerprint density at radius 3 is 2.50 bits per heavy atom. The highest BCUT2D eigenvalue weighted by molar-refractivity contribution is 5.54. The predicted molar refractivity (Wildman–Crippen MR) is 56.0 cm³/mol. The molecule has 2 atom stereocenters. The number of rotatable bonds is 3. The summed E-state index contributed by atoms with van der Waals surface area (Å²) in [5, 5.41) is 9.29. The Balaban J connectivity index is 2.96. The van der Waals surface area contributed by atoms with Crippen LogP contribution in [0, 0.1) is 0 Å². The fourth-order valence-corrected chi connectivity index (χ4v) is 1.24. The van der Waals surface area contributed by atoms with E-state index in [1.807, 2.05) is 0 Å². The van der Waals surface area contributed by atoms with Gasteiger partial charge < -0.3 is 21.3 Å². The van der Waals surface area contributed by atoms with Gasteiger partial charge in [0.1, 0.15) is 5.75 Å². The molecule has 0 aliphatic heterocycles. The van der Waals surface area contributed by atoms with E-state index in [0.29, 0.717) is 11.4 Å². The minimum Gasteiger partial charge on any atom is -0.495 e. The number of nitrogen functional groups attached to an aromatic ring is 1. The molecule has 0 unspecified atom stereocenters. The minimum absolute atomic E-state index is 0.414. The molecule has 4 heteroatoms. The third-order valence-electron chi connectivity index (χ3n) is 2.16. The number of ether oxygens (including phenoxy) is 1. The lowest BCUT2D eigenvalue weighted by atomic mass is 10.0. The van der Waals surface area contributed by atoms with Crippen LogP contribution in [0.5, 0.6) is 5.75 Å². The topological polar surface area (TPSA) is 81.5 Å². The van der Waals surface area contributed by atoms with E-state index >= 15 is 0 Å². The van der Waals surface area contributed by atoms with Crippen LogP contribution < -0.4 is 16.2 Å². The summed E-state index contributed by atoms with van der Waals surface area (Å²) >= 11 is 0. The van der Waals surface area contributed by atoms with Crippen molar-refractivity contribution in [3.63, 3.8) is 0 Å². The monoisotopic (exact) mass is 196 g/mol. The first-order valence-corrected chi connectivity index (χ1v) is 4.43. The number of nitrogens with two attached hydrogens (primary N) is 2. The van der Waals surface area contributed by atoms with E-state index in [9.17, 15) is 5.11 Å². The Morgan fingerprint density at radius 1 is 1.43 bits per heavy atom. The maximum Gasteiger partial charge on any atom is 0.141 e. The first-order valence-electron chi connectivity index (χ1n) is 4.43. The Labute approximate surface area is 83.5 Å². The standard InChI is InChI=1S/C10H16N2O2/c1-6(13)10(12)7-3-4-9(14-2)8(11)5-7/h3-6,10,13H,11-12H2,1-2H3/t6-,10-/m0/s1. The fourth-order valence-electron chi connectivity index (χ4n) is 1.24. The third-order valence-corrected chi connectivity index (χ3v) is 2.16. The minimum atomic E-state index is -0.595. The molecule has 5 N–H and O–H groups in total. The average molecular weight is 196 g/mol. The zero-order valence-corrected chi connectivity index (χ0v) is 8.40. The van der Waals surface area contributed by atoms with Crippen molar-refractivity contribution in [3.05, 3.63) is 23.8 Å². The van der Waals surface area contributed by atoms with Crippen molar-refractivity contribution >= 4 is 5.69 Å². The Morgan fingerprint density at radius 2 is 2.07 bits per heavy atom. The van der Waals surface area contributed by atoms with Gasteiger partial charge in [-0.2, -0.15) is 0 Å². The van der Waals surface area contributed by atoms with E-state index in [4.69, 9.17) is 16.2 Å². The van der Waals surface area contributed by atoms with Crippen molar-refractivity contribution in [2.24, 2.45) is 5.73 Å². The molecular formula is C10H16N2O2. The van der Waals surface area contributed by atoms with Gasteiger partial charge in [-0.05, 0) is 24.6 Å². The molecule has 0 bridgehead atoms. The predicted octanol–water partition coefficient (Wildman–Crippen LogP) is 0.658. The molecule has 0 radical (unpaired) electrons. The molecule has 0 amide bonds. The summed E-state index contributed by atoms with van der Waals surface area (Å²) in [5.74, 6) is 0.617. The summed E-state index contributed by atoms with van der Waals surface area (Å²) in [5.41, 5.74) is 12.8. The van der Waals surface area contributed by atoms with Crippen LogP contribution in [-0.4, -0.2) is 18.3 Å². The molecule has 78 valence electrons. The number of hydrogen-bond acceptors (Lipinski definition) is 4. The van der Waals surface area contributed by atoms with Gasteiger partial charge in [-0.3, -0.25) is 0 Å². The lowest BCUT2D eigenvalue weighted by Gasteiger charge is -2.16. The molecule has 1 aromatic rings. The molecular weight excluding hydrogens is 180 g/mol. The highest BCUT2D eigenvalue weighted by Crippen LogP contribution is 2.25. The van der Waals surface area contributed by atoms with Crippen molar-refractivity contribution in [3.8, 4) is 5.75 Å². The van der Waals surface area contributed by atoms with E-state index in [-0.39, 0.29) is 0 Å². The highest BCUT2D eigenvalue weighted by atomic mass is 16.5. The number of hydrogen-bond donors (Lipinski definition) is 3. The smallest absolute Gasteiger partial charge is 0.141 e. The first kappa shape index (κ1) is 10.8. The molecule has 0 heterocycles. The second kappa shape index (κ2) is 4.30. The van der Waals surface area contributed by atoms with Gasteiger partial charge in [0.05, 0.1) is 24.9 Å². The van der Waals surface area contributed by atoms with E-state index in [1.165, 1.54) is 0 Å².